The molecule has 3 rings (SSSR count). The van der Waals surface area contributed by atoms with Crippen LogP contribution in [0.25, 0.3) is 5.57 Å². The number of pyridine rings is 1. The third-order valence-corrected chi connectivity index (χ3v) is 4.91. The van der Waals surface area contributed by atoms with Gasteiger partial charge in [0.15, 0.2) is 6.10 Å². The van der Waals surface area contributed by atoms with E-state index in [0.717, 1.165) is 30.5 Å². The van der Waals surface area contributed by atoms with Gasteiger partial charge < -0.3 is 19.0 Å². The van der Waals surface area contributed by atoms with Gasteiger partial charge in [-0.25, -0.2) is 4.79 Å². The van der Waals surface area contributed by atoms with Gasteiger partial charge in [-0.15, -0.1) is 0 Å². The number of carbonyl (C=O) groups is 1. The predicted octanol–water partition coefficient (Wildman–Crippen LogP) is 4.65. The van der Waals surface area contributed by atoms with E-state index in [1.165, 1.54) is 20.5 Å². The minimum atomic E-state index is -0.477. The van der Waals surface area contributed by atoms with Crippen molar-refractivity contribution in [3.05, 3.63) is 71.7 Å². The van der Waals surface area contributed by atoms with Gasteiger partial charge in [0.1, 0.15) is 12.2 Å². The number of aromatic nitrogens is 1. The molecule has 0 radical (unpaired) electrons. The first kappa shape index (κ1) is 22.3. The van der Waals surface area contributed by atoms with Crippen LogP contribution in [0.3, 0.4) is 0 Å². The molecule has 0 amide bonds. The molecule has 1 aromatic carbocycles. The quantitative estimate of drug-likeness (QED) is 0.138. The molecule has 0 saturated heterocycles. The summed E-state index contributed by atoms with van der Waals surface area (Å²) in [5, 5.41) is 4.33. The van der Waals surface area contributed by atoms with Crippen LogP contribution in [0, 0.1) is 5.92 Å². The molecule has 1 aromatic heterocycles. The first-order chi connectivity index (χ1) is 15.2. The third-order valence-electron chi connectivity index (χ3n) is 4.91. The van der Waals surface area contributed by atoms with E-state index in [2.05, 4.69) is 10.1 Å². The first-order valence-corrected chi connectivity index (χ1v) is 10.3. The number of carbonyl (C=O) groups excluding carboxylic acids is 1. The number of oxime groups is 1. The van der Waals surface area contributed by atoms with Crippen molar-refractivity contribution in [2.45, 2.75) is 38.9 Å². The van der Waals surface area contributed by atoms with E-state index in [0.29, 0.717) is 17.0 Å². The summed E-state index contributed by atoms with van der Waals surface area (Å²) in [5.74, 6) is 0.345. The van der Waals surface area contributed by atoms with E-state index in [4.69, 9.17) is 19.0 Å². The summed E-state index contributed by atoms with van der Waals surface area (Å²) in [7, 11) is 2.83. The lowest BCUT2D eigenvalue weighted by Gasteiger charge is -2.15. The van der Waals surface area contributed by atoms with E-state index in [9.17, 15) is 4.79 Å². The number of ether oxygens (including phenoxy) is 3. The van der Waals surface area contributed by atoms with E-state index in [1.54, 1.807) is 6.20 Å². The molecule has 2 aromatic rings. The largest absolute Gasteiger partial charge is 0.503 e. The van der Waals surface area contributed by atoms with Gasteiger partial charge in [0, 0.05) is 12.1 Å². The Kier molecular flexibility index (Phi) is 8.04. The van der Waals surface area contributed by atoms with Crippen molar-refractivity contribution in [1.29, 1.82) is 0 Å². The summed E-state index contributed by atoms with van der Waals surface area (Å²) in [6.45, 7) is 2.27. The fourth-order valence-corrected chi connectivity index (χ4v) is 3.08. The van der Waals surface area contributed by atoms with Gasteiger partial charge in [-0.2, -0.15) is 0 Å². The van der Waals surface area contributed by atoms with Crippen molar-refractivity contribution in [2.24, 2.45) is 11.1 Å². The monoisotopic (exact) mass is 424 g/mol. The Labute approximate surface area is 182 Å². The highest BCUT2D eigenvalue weighted by atomic mass is 16.7. The van der Waals surface area contributed by atoms with Gasteiger partial charge >= 0.3 is 5.97 Å². The van der Waals surface area contributed by atoms with E-state index < -0.39 is 5.97 Å². The van der Waals surface area contributed by atoms with Crippen LogP contribution in [0.2, 0.25) is 0 Å². The molecule has 7 heteroatoms. The van der Waals surface area contributed by atoms with Gasteiger partial charge in [0.05, 0.1) is 26.2 Å². The van der Waals surface area contributed by atoms with E-state index >= 15 is 0 Å². The summed E-state index contributed by atoms with van der Waals surface area (Å²) in [6.07, 6.45) is 5.66. The highest BCUT2D eigenvalue weighted by Gasteiger charge is 2.31. The van der Waals surface area contributed by atoms with Crippen molar-refractivity contribution in [3.8, 4) is 0 Å². The highest BCUT2D eigenvalue weighted by molar-refractivity contribution is 6.16. The number of hydrogen-bond donors (Lipinski definition) is 0. The summed E-state index contributed by atoms with van der Waals surface area (Å²) in [5.41, 5.74) is 2.67. The average Bonchev–Trinajstić information content (AvgIpc) is 3.66. The van der Waals surface area contributed by atoms with Crippen molar-refractivity contribution >= 4 is 17.4 Å². The maximum atomic E-state index is 12.2. The van der Waals surface area contributed by atoms with Gasteiger partial charge in [0.2, 0.25) is 5.90 Å². The van der Waals surface area contributed by atoms with Crippen LogP contribution < -0.4 is 0 Å². The summed E-state index contributed by atoms with van der Waals surface area (Å²) >= 11 is 0. The normalized spacial score (nSPS) is 15.2. The molecule has 1 atom stereocenters. The van der Waals surface area contributed by atoms with Crippen molar-refractivity contribution in [1.82, 2.24) is 4.98 Å². The van der Waals surface area contributed by atoms with Gasteiger partial charge in [0.25, 0.3) is 0 Å². The Bertz CT molecular complexity index is 923. The Balaban J connectivity index is 1.75. The zero-order valence-electron chi connectivity index (χ0n) is 18.1. The van der Waals surface area contributed by atoms with Crippen LogP contribution >= 0.6 is 0 Å². The van der Waals surface area contributed by atoms with Crippen LogP contribution in [0.4, 0.5) is 0 Å². The predicted molar refractivity (Wildman–Crippen MR) is 117 cm³/mol. The molecule has 0 aliphatic heterocycles. The number of esters is 1. The molecule has 1 heterocycles. The van der Waals surface area contributed by atoms with Crippen molar-refractivity contribution in [3.63, 3.8) is 0 Å². The second kappa shape index (κ2) is 11.2. The van der Waals surface area contributed by atoms with Gasteiger partial charge in [-0.05, 0) is 42.5 Å². The Hall–Kier alpha value is -3.35. The summed E-state index contributed by atoms with van der Waals surface area (Å²) < 4.78 is 16.0. The van der Waals surface area contributed by atoms with Crippen LogP contribution in [-0.4, -0.2) is 31.1 Å². The minimum absolute atomic E-state index is 0.235. The van der Waals surface area contributed by atoms with Crippen molar-refractivity contribution < 1.29 is 23.8 Å². The summed E-state index contributed by atoms with van der Waals surface area (Å²) in [6, 6.07) is 13.2. The standard InChI is InChI=1S/C24H28N2O5/c1-4-22(21-11-7-8-14-25-21)31-26-23(17-12-13-17)30-15-18-9-5-6-10-19(18)20(16-28-2)24(27)29-3/h5-11,14,16-17,22H,4,12-13,15H2,1-3H3. The molecular formula is C24H28N2O5. The van der Waals surface area contributed by atoms with E-state index in [-0.39, 0.29) is 18.6 Å². The molecule has 0 N–H and O–H groups in total. The zero-order chi connectivity index (χ0) is 22.1. The maximum absolute atomic E-state index is 12.2. The van der Waals surface area contributed by atoms with Crippen LogP contribution in [0.15, 0.2) is 60.1 Å². The number of benzene rings is 1. The lowest BCUT2D eigenvalue weighted by atomic mass is 10.0. The molecule has 1 aliphatic carbocycles. The molecule has 7 nitrogen and oxygen atoms in total. The topological polar surface area (TPSA) is 79.2 Å². The second-order valence-electron chi connectivity index (χ2n) is 7.17. The number of hydrogen-bond acceptors (Lipinski definition) is 7. The molecular weight excluding hydrogens is 396 g/mol. The van der Waals surface area contributed by atoms with Crippen LogP contribution in [0.5, 0.6) is 0 Å². The first-order valence-electron chi connectivity index (χ1n) is 10.3. The lowest BCUT2D eigenvalue weighted by Crippen LogP contribution is -2.12. The van der Waals surface area contributed by atoms with E-state index in [1.807, 2.05) is 49.4 Å². The maximum Gasteiger partial charge on any atom is 0.341 e. The highest BCUT2D eigenvalue weighted by Crippen LogP contribution is 2.33. The summed E-state index contributed by atoms with van der Waals surface area (Å²) in [4.78, 5) is 22.3. The molecule has 1 aliphatic rings. The lowest BCUT2D eigenvalue weighted by molar-refractivity contribution is -0.133. The fraction of sp³-hybridized carbons (Fsp3) is 0.375. The SMILES string of the molecule is CCC(ON=C(OCc1ccccc1C(=COC)C(=O)OC)C1CC1)c1ccccn1. The smallest absolute Gasteiger partial charge is 0.341 e. The molecule has 1 fully saturated rings. The van der Waals surface area contributed by atoms with Crippen LogP contribution in [-0.2, 0) is 30.4 Å². The second-order valence-corrected chi connectivity index (χ2v) is 7.17. The van der Waals surface area contributed by atoms with Gasteiger partial charge in [-0.3, -0.25) is 4.98 Å². The van der Waals surface area contributed by atoms with Gasteiger partial charge in [-0.1, -0.05) is 42.4 Å². The average molecular weight is 424 g/mol. The Morgan fingerprint density at radius 2 is 1.97 bits per heavy atom. The molecule has 164 valence electrons. The third kappa shape index (κ3) is 6.07. The Morgan fingerprint density at radius 1 is 1.19 bits per heavy atom. The number of methoxy groups -OCH3 is 2. The Morgan fingerprint density at radius 3 is 2.61 bits per heavy atom. The van der Waals surface area contributed by atoms with Crippen LogP contribution in [0.1, 0.15) is 49.1 Å². The minimum Gasteiger partial charge on any atom is -0.503 e. The number of nitrogens with zero attached hydrogens (tertiary/aromatic N) is 2. The molecule has 0 bridgehead atoms. The molecule has 31 heavy (non-hydrogen) atoms. The molecule has 1 saturated carbocycles. The molecule has 0 spiro atoms. The number of rotatable bonds is 10. The van der Waals surface area contributed by atoms with Crippen molar-refractivity contribution in [2.75, 3.05) is 14.2 Å². The molecule has 1 unspecified atom stereocenters. The zero-order valence-corrected chi connectivity index (χ0v) is 18.1. The fourth-order valence-electron chi connectivity index (χ4n) is 3.08.